The summed E-state index contributed by atoms with van der Waals surface area (Å²) >= 11 is 0. The third-order valence-electron chi connectivity index (χ3n) is 10.6. The molecule has 4 aromatic carbocycles. The highest BCUT2D eigenvalue weighted by molar-refractivity contribution is 5.35. The lowest BCUT2D eigenvalue weighted by molar-refractivity contribution is -0.0207. The zero-order valence-corrected chi connectivity index (χ0v) is 35.5. The fourth-order valence-electron chi connectivity index (χ4n) is 6.77. The smallest absolute Gasteiger partial charge is 0.248 e. The van der Waals surface area contributed by atoms with Crippen molar-refractivity contribution in [2.75, 3.05) is 26.4 Å². The first-order valence-corrected chi connectivity index (χ1v) is 21.8. The van der Waals surface area contributed by atoms with Crippen molar-refractivity contribution in [2.24, 2.45) is 0 Å². The molecule has 0 spiro atoms. The Morgan fingerprint density at radius 3 is 1.15 bits per heavy atom. The molecule has 0 heterocycles. The summed E-state index contributed by atoms with van der Waals surface area (Å²) in [7, 11) is 0. The molecule has 0 saturated carbocycles. The molecule has 4 aromatic rings. The van der Waals surface area contributed by atoms with Crippen molar-refractivity contribution in [1.29, 1.82) is 0 Å². The van der Waals surface area contributed by atoms with Crippen molar-refractivity contribution in [2.45, 2.75) is 135 Å². The van der Waals surface area contributed by atoms with Gasteiger partial charge >= 0.3 is 0 Å². The van der Waals surface area contributed by atoms with Crippen molar-refractivity contribution in [3.05, 3.63) is 118 Å². The fraction of sp³-hybridized carbons (Fsp3) is 0.510. The molecule has 0 aromatic heterocycles. The zero-order chi connectivity index (χ0) is 44.0. The van der Waals surface area contributed by atoms with E-state index in [1.807, 2.05) is 13.8 Å². The normalized spacial score (nSPS) is 11.6. The molecule has 4 rings (SSSR count). The SMILES string of the molecule is CCCCOc1ccc(CCc2ccc(OCCCCCCC(F)(F)CCCCCCOc3ccc(CCc4ccc(OCCCC)c(F)c4F)c(F)c3)cc2F)c(F)c1F. The Balaban J connectivity index is 1.02. The summed E-state index contributed by atoms with van der Waals surface area (Å²) in [5.74, 6) is -7.40. The van der Waals surface area contributed by atoms with Crippen LogP contribution in [0.5, 0.6) is 23.0 Å². The molecule has 4 nitrogen and oxygen atoms in total. The molecule has 0 atom stereocenters. The number of ether oxygens (including phenoxy) is 4. The highest BCUT2D eigenvalue weighted by Gasteiger charge is 2.27. The van der Waals surface area contributed by atoms with Crippen LogP contribution in [0.15, 0.2) is 60.7 Å². The van der Waals surface area contributed by atoms with E-state index in [2.05, 4.69) is 0 Å². The van der Waals surface area contributed by atoms with Crippen molar-refractivity contribution < 1.29 is 54.1 Å². The van der Waals surface area contributed by atoms with Crippen LogP contribution in [0.4, 0.5) is 35.1 Å². The van der Waals surface area contributed by atoms with Gasteiger partial charge in [0, 0.05) is 25.0 Å². The average molecular weight is 865 g/mol. The van der Waals surface area contributed by atoms with Crippen LogP contribution in [-0.4, -0.2) is 32.4 Å². The minimum absolute atomic E-state index is 0.110. The van der Waals surface area contributed by atoms with E-state index in [9.17, 15) is 35.1 Å². The number of hydrogen-bond acceptors (Lipinski definition) is 4. The summed E-state index contributed by atoms with van der Waals surface area (Å²) in [6.45, 7) is 5.16. The van der Waals surface area contributed by atoms with Crippen LogP contribution < -0.4 is 18.9 Å². The number of rotatable bonds is 30. The van der Waals surface area contributed by atoms with E-state index < -0.39 is 40.8 Å². The lowest BCUT2D eigenvalue weighted by Gasteiger charge is -2.16. The minimum Gasteiger partial charge on any atom is -0.493 e. The summed E-state index contributed by atoms with van der Waals surface area (Å²) in [4.78, 5) is 0. The van der Waals surface area contributed by atoms with Gasteiger partial charge in [-0.2, -0.15) is 8.78 Å². The lowest BCUT2D eigenvalue weighted by Crippen LogP contribution is -2.15. The molecule has 0 aliphatic carbocycles. The molecular weight excluding hydrogens is 805 g/mol. The first-order chi connectivity index (χ1) is 29.4. The van der Waals surface area contributed by atoms with E-state index in [0.717, 1.165) is 25.7 Å². The van der Waals surface area contributed by atoms with Gasteiger partial charge in [-0.25, -0.2) is 26.3 Å². The van der Waals surface area contributed by atoms with Crippen LogP contribution in [0.2, 0.25) is 0 Å². The number of unbranched alkanes of at least 4 members (excludes halogenated alkanes) is 8. The summed E-state index contributed by atoms with van der Waals surface area (Å²) in [5.41, 5.74) is 0.975. The van der Waals surface area contributed by atoms with E-state index in [1.54, 1.807) is 24.3 Å². The van der Waals surface area contributed by atoms with Gasteiger partial charge in [-0.1, -0.05) is 76.6 Å². The van der Waals surface area contributed by atoms with E-state index in [-0.39, 0.29) is 61.2 Å². The second-order valence-corrected chi connectivity index (χ2v) is 15.5. The maximum Gasteiger partial charge on any atom is 0.248 e. The molecule has 61 heavy (non-hydrogen) atoms. The van der Waals surface area contributed by atoms with Crippen molar-refractivity contribution >= 4 is 0 Å². The zero-order valence-electron chi connectivity index (χ0n) is 35.5. The van der Waals surface area contributed by atoms with E-state index in [1.165, 1.54) is 36.4 Å². The first-order valence-electron chi connectivity index (χ1n) is 21.8. The van der Waals surface area contributed by atoms with Crippen LogP contribution >= 0.6 is 0 Å². The predicted molar refractivity (Wildman–Crippen MR) is 223 cm³/mol. The van der Waals surface area contributed by atoms with E-state index in [4.69, 9.17) is 18.9 Å². The number of benzene rings is 4. The van der Waals surface area contributed by atoms with Gasteiger partial charge in [0.05, 0.1) is 26.4 Å². The number of alkyl halides is 2. The van der Waals surface area contributed by atoms with Gasteiger partial charge < -0.3 is 18.9 Å². The summed E-state index contributed by atoms with van der Waals surface area (Å²) in [6, 6.07) is 14.6. The Labute approximate surface area is 356 Å². The first kappa shape index (κ1) is 49.2. The van der Waals surface area contributed by atoms with E-state index in [0.29, 0.717) is 100 Å². The topological polar surface area (TPSA) is 36.9 Å². The molecule has 12 heteroatoms. The Bertz CT molecular complexity index is 1790. The van der Waals surface area contributed by atoms with Crippen molar-refractivity contribution in [3.63, 3.8) is 0 Å². The molecular formula is C49H60F8O4. The standard InChI is InChI=1S/C49H60F8O4/c1-3-5-29-60-43-25-21-37(45(52)47(43)54)17-15-35-19-23-39(33-41(35)50)58-31-13-9-7-11-27-49(56,57)28-12-8-10-14-32-59-40-24-20-36(42(51)34-40)16-18-38-22-26-44(48(55)46(38)53)61-30-6-4-2/h19-26,33-34H,3-18,27-32H2,1-2H3. The second kappa shape index (κ2) is 26.1. The number of aryl methyl sites for hydroxylation is 4. The van der Waals surface area contributed by atoms with Gasteiger partial charge in [-0.05, 0) is 111 Å². The molecule has 0 radical (unpaired) electrons. The van der Waals surface area contributed by atoms with Gasteiger partial charge in [-0.3, -0.25) is 0 Å². The maximum atomic E-state index is 14.7. The largest absolute Gasteiger partial charge is 0.493 e. The van der Waals surface area contributed by atoms with Crippen LogP contribution in [0.25, 0.3) is 0 Å². The van der Waals surface area contributed by atoms with Gasteiger partial charge in [-0.15, -0.1) is 0 Å². The van der Waals surface area contributed by atoms with E-state index >= 15 is 0 Å². The third kappa shape index (κ3) is 16.7. The fourth-order valence-corrected chi connectivity index (χ4v) is 6.77. The lowest BCUT2D eigenvalue weighted by atomic mass is 10.0. The van der Waals surface area contributed by atoms with Crippen LogP contribution in [-0.2, 0) is 25.7 Å². The Kier molecular flexibility index (Phi) is 21.0. The monoisotopic (exact) mass is 864 g/mol. The summed E-state index contributed by atoms with van der Waals surface area (Å²) < 4.78 is 138. The molecule has 0 N–H and O–H groups in total. The number of hydrogen-bond donors (Lipinski definition) is 0. The van der Waals surface area contributed by atoms with Crippen LogP contribution in [0.1, 0.15) is 126 Å². The Morgan fingerprint density at radius 1 is 0.393 bits per heavy atom. The predicted octanol–water partition coefficient (Wildman–Crippen LogP) is 14.4. The van der Waals surface area contributed by atoms with Crippen LogP contribution in [0.3, 0.4) is 0 Å². The molecule has 0 aliphatic heterocycles. The summed E-state index contributed by atoms with van der Waals surface area (Å²) in [5, 5.41) is 0. The van der Waals surface area contributed by atoms with Crippen molar-refractivity contribution in [3.8, 4) is 23.0 Å². The highest BCUT2D eigenvalue weighted by Crippen LogP contribution is 2.30. The molecule has 336 valence electrons. The maximum absolute atomic E-state index is 14.7. The molecule has 0 aliphatic rings. The van der Waals surface area contributed by atoms with Gasteiger partial charge in [0.15, 0.2) is 23.1 Å². The van der Waals surface area contributed by atoms with Crippen molar-refractivity contribution in [1.82, 2.24) is 0 Å². The van der Waals surface area contributed by atoms with Crippen LogP contribution in [0, 0.1) is 34.9 Å². The number of halogens is 8. The quantitative estimate of drug-likeness (QED) is 0.0387. The Hall–Kier alpha value is -4.48. The minimum atomic E-state index is -2.75. The van der Waals surface area contributed by atoms with Gasteiger partial charge in [0.1, 0.15) is 23.1 Å². The van der Waals surface area contributed by atoms with Gasteiger partial charge in [0.2, 0.25) is 17.6 Å². The molecule has 0 fully saturated rings. The molecule has 0 amide bonds. The molecule has 0 bridgehead atoms. The summed E-state index contributed by atoms with van der Waals surface area (Å²) in [6.07, 6.45) is 8.04. The second-order valence-electron chi connectivity index (χ2n) is 15.5. The molecule has 0 unspecified atom stereocenters. The highest BCUT2D eigenvalue weighted by atomic mass is 19.3. The van der Waals surface area contributed by atoms with Gasteiger partial charge in [0.25, 0.3) is 0 Å². The average Bonchev–Trinajstić information content (AvgIpc) is 3.23. The molecule has 0 saturated heterocycles. The Morgan fingerprint density at radius 2 is 0.754 bits per heavy atom. The third-order valence-corrected chi connectivity index (χ3v) is 10.6.